The van der Waals surface area contributed by atoms with Gasteiger partial charge in [0.1, 0.15) is 0 Å². The number of halogens is 1. The van der Waals surface area contributed by atoms with Crippen LogP contribution < -0.4 is 0 Å². The molecule has 2 aliphatic heterocycles. The van der Waals surface area contributed by atoms with Crippen LogP contribution in [0.3, 0.4) is 0 Å². The lowest BCUT2D eigenvalue weighted by Crippen LogP contribution is -2.26. The number of benzene rings is 4. The SMILES string of the molecule is O=C1N=C(N2N=C(c3ccc4ccccc4c3)CC2c2ccc(Cl)cc2)/C(=C/c2ccccc2)S1. The molecular weight excluding hydrogens is 474 g/mol. The molecule has 0 aromatic heterocycles. The number of hydrogen-bond donors (Lipinski definition) is 0. The second-order valence-corrected chi connectivity index (χ2v) is 9.88. The normalized spacial score (nSPS) is 18.9. The Morgan fingerprint density at radius 3 is 2.43 bits per heavy atom. The molecule has 2 heterocycles. The van der Waals surface area contributed by atoms with Gasteiger partial charge in [0.05, 0.1) is 16.7 Å². The predicted octanol–water partition coefficient (Wildman–Crippen LogP) is 7.95. The summed E-state index contributed by atoms with van der Waals surface area (Å²) in [7, 11) is 0. The number of hydrogen-bond acceptors (Lipinski definition) is 4. The van der Waals surface area contributed by atoms with Gasteiger partial charge in [-0.25, -0.2) is 5.01 Å². The predicted molar refractivity (Wildman–Crippen MR) is 146 cm³/mol. The Morgan fingerprint density at radius 1 is 0.886 bits per heavy atom. The Kier molecular flexibility index (Phi) is 5.72. The van der Waals surface area contributed by atoms with Crippen molar-refractivity contribution in [1.82, 2.24) is 5.01 Å². The number of rotatable bonds is 3. The van der Waals surface area contributed by atoms with E-state index in [0.717, 1.165) is 39.1 Å². The van der Waals surface area contributed by atoms with Crippen LogP contribution in [-0.2, 0) is 0 Å². The molecule has 2 aliphatic rings. The van der Waals surface area contributed by atoms with Gasteiger partial charge in [0.2, 0.25) is 0 Å². The summed E-state index contributed by atoms with van der Waals surface area (Å²) in [6.07, 6.45) is 2.69. The van der Waals surface area contributed by atoms with Gasteiger partial charge in [-0.3, -0.25) is 4.79 Å². The van der Waals surface area contributed by atoms with Crippen molar-refractivity contribution in [2.45, 2.75) is 12.5 Å². The van der Waals surface area contributed by atoms with E-state index in [1.807, 2.05) is 77.8 Å². The highest BCUT2D eigenvalue weighted by Gasteiger charge is 2.36. The Balaban J connectivity index is 1.44. The lowest BCUT2D eigenvalue weighted by molar-refractivity contribution is 0.267. The number of carbonyl (C=O) groups excluding carboxylic acids is 1. The van der Waals surface area contributed by atoms with Crippen molar-refractivity contribution in [1.29, 1.82) is 0 Å². The van der Waals surface area contributed by atoms with Crippen molar-refractivity contribution < 1.29 is 4.79 Å². The second-order valence-electron chi connectivity index (χ2n) is 8.45. The lowest BCUT2D eigenvalue weighted by atomic mass is 9.97. The minimum atomic E-state index is -0.230. The van der Waals surface area contributed by atoms with Gasteiger partial charge >= 0.3 is 5.24 Å². The fraction of sp³-hybridized carbons (Fsp3) is 0.0690. The fourth-order valence-electron chi connectivity index (χ4n) is 4.46. The summed E-state index contributed by atoms with van der Waals surface area (Å²) in [5.74, 6) is 0.583. The van der Waals surface area contributed by atoms with Crippen LogP contribution >= 0.6 is 23.4 Å². The minimum Gasteiger partial charge on any atom is -0.259 e. The van der Waals surface area contributed by atoms with Gasteiger partial charge in [0, 0.05) is 11.4 Å². The molecule has 6 heteroatoms. The standard InChI is InChI=1S/C29H20ClN3OS/c30-24-14-12-21(13-15-24)26-18-25(23-11-10-20-8-4-5-9-22(20)17-23)32-33(26)28-27(35-29(34)31-28)16-19-6-2-1-3-7-19/h1-17,26H,18H2/b27-16-. The quantitative estimate of drug-likeness (QED) is 0.291. The maximum Gasteiger partial charge on any atom is 0.311 e. The van der Waals surface area contributed by atoms with Crippen LogP contribution in [0, 0.1) is 0 Å². The smallest absolute Gasteiger partial charge is 0.259 e. The first-order chi connectivity index (χ1) is 17.1. The highest BCUT2D eigenvalue weighted by Crippen LogP contribution is 2.40. The summed E-state index contributed by atoms with van der Waals surface area (Å²) in [4.78, 5) is 17.6. The van der Waals surface area contributed by atoms with Gasteiger partial charge < -0.3 is 0 Å². The van der Waals surface area contributed by atoms with E-state index >= 15 is 0 Å². The first-order valence-electron chi connectivity index (χ1n) is 11.3. The van der Waals surface area contributed by atoms with Crippen molar-refractivity contribution in [3.8, 4) is 0 Å². The molecule has 0 radical (unpaired) electrons. The lowest BCUT2D eigenvalue weighted by Gasteiger charge is -2.24. The summed E-state index contributed by atoms with van der Waals surface area (Å²) in [5.41, 5.74) is 4.11. The number of carbonyl (C=O) groups is 1. The third-order valence-electron chi connectivity index (χ3n) is 6.18. The van der Waals surface area contributed by atoms with Crippen molar-refractivity contribution in [2.75, 3.05) is 0 Å². The van der Waals surface area contributed by atoms with Crippen LogP contribution in [0.4, 0.5) is 4.79 Å². The van der Waals surface area contributed by atoms with Crippen molar-refractivity contribution in [3.05, 3.63) is 124 Å². The zero-order chi connectivity index (χ0) is 23.8. The Bertz CT molecular complexity index is 1530. The summed E-state index contributed by atoms with van der Waals surface area (Å²) >= 11 is 7.31. The number of amidine groups is 1. The monoisotopic (exact) mass is 493 g/mol. The molecule has 0 aliphatic carbocycles. The molecule has 35 heavy (non-hydrogen) atoms. The van der Waals surface area contributed by atoms with E-state index in [9.17, 15) is 4.79 Å². The molecule has 0 saturated carbocycles. The first kappa shape index (κ1) is 21.8. The molecule has 0 fully saturated rings. The van der Waals surface area contributed by atoms with Gasteiger partial charge in [0.25, 0.3) is 0 Å². The van der Waals surface area contributed by atoms with E-state index in [1.54, 1.807) is 0 Å². The maximum atomic E-state index is 12.4. The van der Waals surface area contributed by atoms with Gasteiger partial charge in [-0.2, -0.15) is 10.1 Å². The number of aliphatic imine (C=N–C) groups is 1. The van der Waals surface area contributed by atoms with Crippen LogP contribution in [-0.4, -0.2) is 21.8 Å². The third-order valence-corrected chi connectivity index (χ3v) is 7.22. The van der Waals surface area contributed by atoms with E-state index < -0.39 is 0 Å². The topological polar surface area (TPSA) is 45.0 Å². The minimum absolute atomic E-state index is 0.0989. The van der Waals surface area contributed by atoms with Crippen molar-refractivity contribution in [2.24, 2.45) is 10.1 Å². The molecule has 4 aromatic carbocycles. The molecule has 1 atom stereocenters. The molecule has 0 bridgehead atoms. The molecule has 6 rings (SSSR count). The van der Waals surface area contributed by atoms with Crippen LogP contribution in [0.1, 0.15) is 29.2 Å². The van der Waals surface area contributed by atoms with E-state index in [1.165, 1.54) is 10.8 Å². The van der Waals surface area contributed by atoms with Crippen LogP contribution in [0.2, 0.25) is 5.02 Å². The zero-order valence-electron chi connectivity index (χ0n) is 18.6. The second kappa shape index (κ2) is 9.17. The molecule has 1 amide bonds. The first-order valence-corrected chi connectivity index (χ1v) is 12.5. The Hall–Kier alpha value is -3.67. The number of fused-ring (bicyclic) bond motifs is 1. The molecule has 4 nitrogen and oxygen atoms in total. The van der Waals surface area contributed by atoms with Gasteiger partial charge in [-0.05, 0) is 63.5 Å². The number of hydrazone groups is 1. The van der Waals surface area contributed by atoms with Crippen LogP contribution in [0.5, 0.6) is 0 Å². The average molecular weight is 494 g/mol. The highest BCUT2D eigenvalue weighted by molar-refractivity contribution is 8.18. The summed E-state index contributed by atoms with van der Waals surface area (Å²) < 4.78 is 0. The van der Waals surface area contributed by atoms with Gasteiger partial charge in [-0.1, -0.05) is 90.5 Å². The molecule has 0 spiro atoms. The Morgan fingerprint density at radius 2 is 1.63 bits per heavy atom. The van der Waals surface area contributed by atoms with Crippen molar-refractivity contribution >= 4 is 57.0 Å². The van der Waals surface area contributed by atoms with E-state index in [2.05, 4.69) is 35.3 Å². The molecule has 4 aromatic rings. The summed E-state index contributed by atoms with van der Waals surface area (Å²) in [6, 6.07) is 32.4. The molecule has 0 saturated heterocycles. The van der Waals surface area contributed by atoms with E-state index in [0.29, 0.717) is 17.3 Å². The van der Waals surface area contributed by atoms with Crippen LogP contribution in [0.25, 0.3) is 16.8 Å². The van der Waals surface area contributed by atoms with Crippen molar-refractivity contribution in [3.63, 3.8) is 0 Å². The molecular formula is C29H20ClN3OS. The number of nitrogens with zero attached hydrogens (tertiary/aromatic N) is 3. The summed E-state index contributed by atoms with van der Waals surface area (Å²) in [6.45, 7) is 0. The van der Waals surface area contributed by atoms with E-state index in [4.69, 9.17) is 16.7 Å². The number of amides is 1. The van der Waals surface area contributed by atoms with Gasteiger partial charge in [0.15, 0.2) is 5.84 Å². The molecule has 170 valence electrons. The molecule has 1 unspecified atom stereocenters. The van der Waals surface area contributed by atoms with Crippen LogP contribution in [0.15, 0.2) is 112 Å². The largest absolute Gasteiger partial charge is 0.311 e. The highest BCUT2D eigenvalue weighted by atomic mass is 35.5. The fourth-order valence-corrected chi connectivity index (χ4v) is 5.33. The molecule has 0 N–H and O–H groups in total. The van der Waals surface area contributed by atoms with Gasteiger partial charge in [-0.15, -0.1) is 0 Å². The average Bonchev–Trinajstić information content (AvgIpc) is 3.48. The third kappa shape index (κ3) is 4.41. The van der Waals surface area contributed by atoms with E-state index in [-0.39, 0.29) is 11.3 Å². The maximum absolute atomic E-state index is 12.4. The Labute approximate surface area is 212 Å². The number of thioether (sulfide) groups is 1. The summed E-state index contributed by atoms with van der Waals surface area (Å²) in [5, 5.41) is 9.75. The zero-order valence-corrected chi connectivity index (χ0v) is 20.2.